The van der Waals surface area contributed by atoms with Crippen molar-refractivity contribution in [3.8, 4) is 11.8 Å². The van der Waals surface area contributed by atoms with Crippen LogP contribution < -0.4 is 0 Å². The number of halogens is 1. The van der Waals surface area contributed by atoms with Crippen molar-refractivity contribution < 1.29 is 19.1 Å². The van der Waals surface area contributed by atoms with Crippen LogP contribution in [0.5, 0.6) is 0 Å². The highest BCUT2D eigenvalue weighted by Gasteiger charge is 1.99. The normalized spacial score (nSPS) is 9.96. The first-order chi connectivity index (χ1) is 12.1. The summed E-state index contributed by atoms with van der Waals surface area (Å²) in [5.74, 6) is 3.44. The Morgan fingerprint density at radius 2 is 1.72 bits per heavy atom. The molecule has 5 heteroatoms. The largest absolute Gasteiger partial charge is 0.451 e. The van der Waals surface area contributed by atoms with E-state index in [-0.39, 0.29) is 13.2 Å². The smallest absolute Gasteiger partial charge is 0.384 e. The van der Waals surface area contributed by atoms with Gasteiger partial charge in [-0.25, -0.2) is 9.59 Å². The van der Waals surface area contributed by atoms with Gasteiger partial charge >= 0.3 is 11.9 Å². The predicted octanol–water partition coefficient (Wildman–Crippen LogP) is 3.64. The number of hydrogen-bond acceptors (Lipinski definition) is 4. The van der Waals surface area contributed by atoms with Gasteiger partial charge in [0.15, 0.2) is 6.61 Å². The fourth-order valence-corrected chi connectivity index (χ4v) is 1.99. The van der Waals surface area contributed by atoms with E-state index in [0.717, 1.165) is 5.56 Å². The number of ether oxygens (including phenoxy) is 2. The average molecular weight is 355 g/mol. The van der Waals surface area contributed by atoms with Crippen molar-refractivity contribution in [1.82, 2.24) is 0 Å². The van der Waals surface area contributed by atoms with Crippen LogP contribution in [-0.2, 0) is 25.7 Å². The van der Waals surface area contributed by atoms with Gasteiger partial charge in [0, 0.05) is 17.0 Å². The average Bonchev–Trinajstić information content (AvgIpc) is 2.64. The summed E-state index contributed by atoms with van der Waals surface area (Å²) in [5.41, 5.74) is 1.57. The summed E-state index contributed by atoms with van der Waals surface area (Å²) < 4.78 is 9.84. The van der Waals surface area contributed by atoms with E-state index >= 15 is 0 Å². The van der Waals surface area contributed by atoms with Crippen LogP contribution in [0.25, 0.3) is 6.08 Å². The molecule has 0 N–H and O–H groups in total. The third kappa shape index (κ3) is 6.94. The van der Waals surface area contributed by atoms with Crippen LogP contribution in [0.3, 0.4) is 0 Å². The number of rotatable bonds is 5. The number of carbonyl (C=O) groups excluding carboxylic acids is 2. The molecule has 2 aromatic rings. The van der Waals surface area contributed by atoms with E-state index in [1.54, 1.807) is 24.3 Å². The van der Waals surface area contributed by atoms with Crippen molar-refractivity contribution in [2.45, 2.75) is 6.61 Å². The number of carbonyl (C=O) groups is 2. The van der Waals surface area contributed by atoms with Crippen molar-refractivity contribution in [3.05, 3.63) is 76.8 Å². The van der Waals surface area contributed by atoms with Crippen molar-refractivity contribution in [3.63, 3.8) is 0 Å². The van der Waals surface area contributed by atoms with Gasteiger partial charge in [0.05, 0.1) is 0 Å². The molecule has 0 spiro atoms. The second-order valence-corrected chi connectivity index (χ2v) is 5.23. The molecule has 0 aliphatic rings. The zero-order chi connectivity index (χ0) is 17.9. The minimum absolute atomic E-state index is 0.148. The Kier molecular flexibility index (Phi) is 7.30. The molecule has 0 saturated heterocycles. The molecule has 2 aromatic carbocycles. The van der Waals surface area contributed by atoms with Crippen molar-refractivity contribution in [1.29, 1.82) is 0 Å². The zero-order valence-electron chi connectivity index (χ0n) is 13.3. The molecule has 0 fully saturated rings. The molecular weight excluding hydrogens is 340 g/mol. The van der Waals surface area contributed by atoms with Crippen LogP contribution in [-0.4, -0.2) is 18.5 Å². The summed E-state index contributed by atoms with van der Waals surface area (Å²) in [4.78, 5) is 23.0. The summed E-state index contributed by atoms with van der Waals surface area (Å²) in [5, 5.41) is 0.535. The minimum Gasteiger partial charge on any atom is -0.451 e. The first kappa shape index (κ1) is 18.3. The second kappa shape index (κ2) is 9.96. The third-order valence-electron chi connectivity index (χ3n) is 2.99. The van der Waals surface area contributed by atoms with E-state index in [1.165, 1.54) is 6.08 Å². The van der Waals surface area contributed by atoms with Gasteiger partial charge in [-0.15, -0.1) is 0 Å². The maximum absolute atomic E-state index is 11.5. The molecule has 0 unspecified atom stereocenters. The van der Waals surface area contributed by atoms with Gasteiger partial charge in [0.25, 0.3) is 0 Å². The van der Waals surface area contributed by atoms with E-state index in [1.807, 2.05) is 36.4 Å². The lowest BCUT2D eigenvalue weighted by molar-refractivity contribution is -0.138. The Hall–Kier alpha value is -3.03. The fourth-order valence-electron chi connectivity index (χ4n) is 1.79. The van der Waals surface area contributed by atoms with Gasteiger partial charge in [-0.05, 0) is 29.2 Å². The Morgan fingerprint density at radius 3 is 2.48 bits per heavy atom. The number of hydrogen-bond donors (Lipinski definition) is 0. The lowest BCUT2D eigenvalue weighted by Gasteiger charge is -2.00. The molecule has 4 nitrogen and oxygen atoms in total. The van der Waals surface area contributed by atoms with E-state index in [4.69, 9.17) is 21.1 Å². The van der Waals surface area contributed by atoms with Crippen LogP contribution >= 0.6 is 11.6 Å². The molecule has 0 heterocycles. The van der Waals surface area contributed by atoms with Crippen LogP contribution in [0, 0.1) is 11.8 Å². The Labute approximate surface area is 151 Å². The Bertz CT molecular complexity index is 816. The molecule has 25 heavy (non-hydrogen) atoms. The van der Waals surface area contributed by atoms with Gasteiger partial charge < -0.3 is 9.47 Å². The maximum Gasteiger partial charge on any atom is 0.384 e. The van der Waals surface area contributed by atoms with Gasteiger partial charge in [0.1, 0.15) is 6.61 Å². The lowest BCUT2D eigenvalue weighted by Crippen LogP contribution is -2.03. The van der Waals surface area contributed by atoms with Crippen LogP contribution in [0.1, 0.15) is 11.1 Å². The maximum atomic E-state index is 11.5. The highest BCUT2D eigenvalue weighted by Crippen LogP contribution is 2.16. The van der Waals surface area contributed by atoms with E-state index < -0.39 is 11.9 Å². The second-order valence-electron chi connectivity index (χ2n) is 4.83. The SMILES string of the molecule is O=C(C#CCOC(=O)/C=C/c1ccccc1Cl)OCc1ccccc1. The summed E-state index contributed by atoms with van der Waals surface area (Å²) in [6.07, 6.45) is 2.79. The summed E-state index contributed by atoms with van der Waals surface area (Å²) in [7, 11) is 0. The van der Waals surface area contributed by atoms with Gasteiger partial charge in [0.2, 0.25) is 0 Å². The van der Waals surface area contributed by atoms with Crippen LogP contribution in [0.15, 0.2) is 60.7 Å². The molecule has 126 valence electrons. The molecule has 0 amide bonds. The molecule has 0 aromatic heterocycles. The fraction of sp³-hybridized carbons (Fsp3) is 0.100. The molecule has 0 radical (unpaired) electrons. The Balaban J connectivity index is 1.71. The van der Waals surface area contributed by atoms with Gasteiger partial charge in [-0.3, -0.25) is 0 Å². The van der Waals surface area contributed by atoms with Crippen LogP contribution in [0.4, 0.5) is 0 Å². The Morgan fingerprint density at radius 1 is 1.00 bits per heavy atom. The monoisotopic (exact) mass is 354 g/mol. The first-order valence-corrected chi connectivity index (χ1v) is 7.82. The molecule has 0 atom stereocenters. The standard InChI is InChI=1S/C20H15ClO4/c21-18-10-5-4-9-17(18)12-13-20(23)24-14-6-11-19(22)25-15-16-7-2-1-3-8-16/h1-5,7-10,12-13H,14-15H2/b13-12+. The molecule has 2 rings (SSSR count). The molecule has 0 saturated carbocycles. The number of esters is 2. The number of benzene rings is 2. The zero-order valence-corrected chi connectivity index (χ0v) is 14.0. The van der Waals surface area contributed by atoms with E-state index in [0.29, 0.717) is 10.6 Å². The predicted molar refractivity (Wildman–Crippen MR) is 95.5 cm³/mol. The first-order valence-electron chi connectivity index (χ1n) is 7.44. The highest BCUT2D eigenvalue weighted by molar-refractivity contribution is 6.32. The van der Waals surface area contributed by atoms with Crippen molar-refractivity contribution >= 4 is 29.6 Å². The summed E-state index contributed by atoms with van der Waals surface area (Å²) in [6, 6.07) is 16.4. The molecule has 0 bridgehead atoms. The molecule has 0 aliphatic carbocycles. The minimum atomic E-state index is -0.675. The van der Waals surface area contributed by atoms with E-state index in [9.17, 15) is 9.59 Å². The quantitative estimate of drug-likeness (QED) is 0.356. The third-order valence-corrected chi connectivity index (χ3v) is 3.34. The topological polar surface area (TPSA) is 52.6 Å². The van der Waals surface area contributed by atoms with Crippen molar-refractivity contribution in [2.24, 2.45) is 0 Å². The summed E-state index contributed by atoms with van der Waals surface area (Å²) >= 11 is 5.97. The highest BCUT2D eigenvalue weighted by atomic mass is 35.5. The lowest BCUT2D eigenvalue weighted by atomic mass is 10.2. The molecule has 0 aliphatic heterocycles. The van der Waals surface area contributed by atoms with Crippen molar-refractivity contribution in [2.75, 3.05) is 6.61 Å². The molecular formula is C20H15ClO4. The van der Waals surface area contributed by atoms with Gasteiger partial charge in [-0.1, -0.05) is 60.1 Å². The van der Waals surface area contributed by atoms with Crippen LogP contribution in [0.2, 0.25) is 5.02 Å². The summed E-state index contributed by atoms with van der Waals surface area (Å²) in [6.45, 7) is -0.0547. The van der Waals surface area contributed by atoms with E-state index in [2.05, 4.69) is 11.8 Å². The van der Waals surface area contributed by atoms with Gasteiger partial charge in [-0.2, -0.15) is 0 Å².